The van der Waals surface area contributed by atoms with Crippen LogP contribution in [-0.2, 0) is 19.2 Å². The summed E-state index contributed by atoms with van der Waals surface area (Å²) >= 11 is 0. The number of rotatable bonds is 39. The molecule has 0 bridgehead atoms. The van der Waals surface area contributed by atoms with E-state index < -0.39 is 11.9 Å². The monoisotopic (exact) mass is 794 g/mol. The van der Waals surface area contributed by atoms with Crippen LogP contribution in [0.3, 0.4) is 0 Å². The fraction of sp³-hybridized carbons (Fsp3) is 0.911. The third-order valence-electron chi connectivity index (χ3n) is 11.4. The lowest BCUT2D eigenvalue weighted by Crippen LogP contribution is -2.54. The molecule has 1 heterocycles. The molecule has 0 unspecified atom stereocenters. The van der Waals surface area contributed by atoms with E-state index in [0.29, 0.717) is 58.7 Å². The van der Waals surface area contributed by atoms with E-state index in [1.165, 1.54) is 128 Å². The first-order valence-electron chi connectivity index (χ1n) is 23.4. The summed E-state index contributed by atoms with van der Waals surface area (Å²) < 4.78 is 0. The molecule has 0 aliphatic carbocycles. The summed E-state index contributed by atoms with van der Waals surface area (Å²) in [7, 11) is 0. The van der Waals surface area contributed by atoms with E-state index >= 15 is 0 Å². The third-order valence-corrected chi connectivity index (χ3v) is 11.4. The highest BCUT2D eigenvalue weighted by Crippen LogP contribution is 2.13. The van der Waals surface area contributed by atoms with Gasteiger partial charge in [0.15, 0.2) is 0 Å². The maximum Gasteiger partial charge on any atom is 0.303 e. The molecule has 2 N–H and O–H groups in total. The van der Waals surface area contributed by atoms with E-state index in [0.717, 1.165) is 39.1 Å². The zero-order valence-corrected chi connectivity index (χ0v) is 36.6. The maximum atomic E-state index is 13.8. The molecule has 0 radical (unpaired) electrons. The van der Waals surface area contributed by atoms with Gasteiger partial charge in [0.25, 0.3) is 0 Å². The Morgan fingerprint density at radius 1 is 0.375 bits per heavy atom. The number of aliphatic carboxylic acids is 2. The fourth-order valence-corrected chi connectivity index (χ4v) is 7.73. The lowest BCUT2D eigenvalue weighted by Gasteiger charge is -2.37. The summed E-state index contributed by atoms with van der Waals surface area (Å²) in [5.41, 5.74) is 0. The number of carboxylic acid groups (broad SMARTS) is 2. The van der Waals surface area contributed by atoms with Gasteiger partial charge in [-0.15, -0.1) is 0 Å². The number of carbonyl (C=O) groups excluding carboxylic acids is 2. The number of carboxylic acids is 2. The standard InChI is InChI=1S/C45H87N5O6/c1-4-7-10-13-16-19-22-29-46(30-23-20-17-14-11-8-5-2)34-35-48(31-24-21-18-15-12-9-6-3)41-43(52)50-38-36-49(37-39-50)42(51)40-47(32-25-27-44(53)54)33-26-28-45(55)56/h4-41H2,1-3H3,(H,53,54)(H,55,56). The SMILES string of the molecule is CCCCCCCCCN(CCCCCCCCC)CCN(CCCCCCCCC)CC(=O)N1CCN(C(=O)CN(CCCC(=O)O)CCCC(=O)O)CC1. The molecule has 11 heteroatoms. The van der Waals surface area contributed by atoms with Crippen LogP contribution in [0.5, 0.6) is 0 Å². The van der Waals surface area contributed by atoms with Gasteiger partial charge in [0, 0.05) is 52.1 Å². The molecule has 1 rings (SSSR count). The van der Waals surface area contributed by atoms with Crippen molar-refractivity contribution < 1.29 is 29.4 Å². The van der Waals surface area contributed by atoms with E-state index in [1.807, 2.05) is 9.80 Å². The Bertz CT molecular complexity index is 954. The minimum absolute atomic E-state index is 0.0107. The maximum absolute atomic E-state index is 13.8. The van der Waals surface area contributed by atoms with Gasteiger partial charge in [0.2, 0.25) is 11.8 Å². The molecular formula is C45H87N5O6. The molecule has 56 heavy (non-hydrogen) atoms. The van der Waals surface area contributed by atoms with Crippen LogP contribution >= 0.6 is 0 Å². The molecule has 1 aliphatic rings. The molecule has 0 atom stereocenters. The van der Waals surface area contributed by atoms with Gasteiger partial charge >= 0.3 is 11.9 Å². The zero-order chi connectivity index (χ0) is 41.1. The van der Waals surface area contributed by atoms with E-state index in [4.69, 9.17) is 10.2 Å². The number of hydrogen-bond donors (Lipinski definition) is 2. The van der Waals surface area contributed by atoms with E-state index in [2.05, 4.69) is 30.6 Å². The summed E-state index contributed by atoms with van der Waals surface area (Å²) in [5, 5.41) is 18.1. The van der Waals surface area contributed by atoms with Crippen LogP contribution in [0.15, 0.2) is 0 Å². The summed E-state index contributed by atoms with van der Waals surface area (Å²) in [4.78, 5) is 59.8. The molecule has 1 fully saturated rings. The largest absolute Gasteiger partial charge is 0.481 e. The van der Waals surface area contributed by atoms with Gasteiger partial charge in [-0.05, 0) is 64.8 Å². The minimum Gasteiger partial charge on any atom is -0.481 e. The van der Waals surface area contributed by atoms with Crippen LogP contribution in [0.1, 0.15) is 181 Å². The van der Waals surface area contributed by atoms with Crippen molar-refractivity contribution in [3.63, 3.8) is 0 Å². The molecule has 0 aromatic heterocycles. The van der Waals surface area contributed by atoms with Crippen LogP contribution in [0.25, 0.3) is 0 Å². The number of unbranched alkanes of at least 4 members (excludes halogenated alkanes) is 18. The number of hydrogen-bond acceptors (Lipinski definition) is 7. The Morgan fingerprint density at radius 2 is 0.643 bits per heavy atom. The van der Waals surface area contributed by atoms with Gasteiger partial charge in [-0.3, -0.25) is 29.0 Å². The number of carbonyl (C=O) groups is 4. The van der Waals surface area contributed by atoms with Crippen molar-refractivity contribution >= 4 is 23.8 Å². The predicted octanol–water partition coefficient (Wildman–Crippen LogP) is 8.54. The zero-order valence-electron chi connectivity index (χ0n) is 36.6. The molecule has 11 nitrogen and oxygen atoms in total. The first-order chi connectivity index (χ1) is 27.2. The molecule has 1 saturated heterocycles. The Kier molecular flexibility index (Phi) is 33.2. The first kappa shape index (κ1) is 51.8. The van der Waals surface area contributed by atoms with Gasteiger partial charge in [0.1, 0.15) is 0 Å². The van der Waals surface area contributed by atoms with Crippen molar-refractivity contribution in [3.8, 4) is 0 Å². The molecule has 0 spiro atoms. The van der Waals surface area contributed by atoms with E-state index in [9.17, 15) is 19.2 Å². The molecule has 0 aromatic rings. The van der Waals surface area contributed by atoms with Crippen molar-refractivity contribution in [3.05, 3.63) is 0 Å². The number of piperazine rings is 1. The Morgan fingerprint density at radius 3 is 0.982 bits per heavy atom. The Labute approximate surface area is 343 Å². The topological polar surface area (TPSA) is 125 Å². The highest BCUT2D eigenvalue weighted by molar-refractivity contribution is 5.80. The minimum atomic E-state index is -0.882. The van der Waals surface area contributed by atoms with Crippen molar-refractivity contribution in [1.82, 2.24) is 24.5 Å². The van der Waals surface area contributed by atoms with Gasteiger partial charge < -0.3 is 24.9 Å². The van der Waals surface area contributed by atoms with E-state index in [-0.39, 0.29) is 31.2 Å². The third kappa shape index (κ3) is 29.0. The van der Waals surface area contributed by atoms with Crippen LogP contribution in [0.2, 0.25) is 0 Å². The smallest absolute Gasteiger partial charge is 0.303 e. The summed E-state index contributed by atoms with van der Waals surface area (Å²) in [6, 6.07) is 0. The summed E-state index contributed by atoms with van der Waals surface area (Å²) in [6.45, 7) is 15.4. The van der Waals surface area contributed by atoms with E-state index in [1.54, 1.807) is 4.90 Å². The molecule has 1 aliphatic heterocycles. The van der Waals surface area contributed by atoms with Gasteiger partial charge in [-0.2, -0.15) is 0 Å². The van der Waals surface area contributed by atoms with Crippen LogP contribution in [0.4, 0.5) is 0 Å². The summed E-state index contributed by atoms with van der Waals surface area (Å²) in [6.07, 6.45) is 28.1. The Hall–Kier alpha value is -2.24. The highest BCUT2D eigenvalue weighted by atomic mass is 16.4. The first-order valence-corrected chi connectivity index (χ1v) is 23.4. The van der Waals surface area contributed by atoms with Crippen LogP contribution in [0, 0.1) is 0 Å². The second kappa shape index (κ2) is 35.9. The van der Waals surface area contributed by atoms with Crippen LogP contribution in [-0.4, -0.2) is 144 Å². The molecule has 0 aromatic carbocycles. The van der Waals surface area contributed by atoms with Crippen molar-refractivity contribution in [2.75, 3.05) is 85.1 Å². The van der Waals surface area contributed by atoms with Crippen molar-refractivity contribution in [2.24, 2.45) is 0 Å². The molecular weight excluding hydrogens is 707 g/mol. The average molecular weight is 794 g/mol. The second-order valence-corrected chi connectivity index (χ2v) is 16.5. The van der Waals surface area contributed by atoms with Crippen molar-refractivity contribution in [1.29, 1.82) is 0 Å². The number of amides is 2. The van der Waals surface area contributed by atoms with Gasteiger partial charge in [-0.1, -0.05) is 136 Å². The quantitative estimate of drug-likeness (QED) is 0.0590. The lowest BCUT2D eigenvalue weighted by molar-refractivity contribution is -0.141. The predicted molar refractivity (Wildman–Crippen MR) is 230 cm³/mol. The highest BCUT2D eigenvalue weighted by Gasteiger charge is 2.26. The van der Waals surface area contributed by atoms with Crippen LogP contribution < -0.4 is 0 Å². The molecule has 328 valence electrons. The average Bonchev–Trinajstić information content (AvgIpc) is 3.17. The molecule has 0 saturated carbocycles. The normalized spacial score (nSPS) is 13.4. The van der Waals surface area contributed by atoms with Crippen molar-refractivity contribution in [2.45, 2.75) is 181 Å². The summed E-state index contributed by atoms with van der Waals surface area (Å²) in [5.74, 6) is -1.67. The Balaban J connectivity index is 2.77. The number of nitrogens with zero attached hydrogens (tertiary/aromatic N) is 5. The fourth-order valence-electron chi connectivity index (χ4n) is 7.73. The van der Waals surface area contributed by atoms with Gasteiger partial charge in [0.05, 0.1) is 13.1 Å². The second-order valence-electron chi connectivity index (χ2n) is 16.5. The molecule has 2 amide bonds. The lowest BCUT2D eigenvalue weighted by atomic mass is 10.1. The van der Waals surface area contributed by atoms with Gasteiger partial charge in [-0.25, -0.2) is 0 Å².